The van der Waals surface area contributed by atoms with Gasteiger partial charge in [-0.25, -0.2) is 5.48 Å². The van der Waals surface area contributed by atoms with Gasteiger partial charge >= 0.3 is 0 Å². The Balaban J connectivity index is 0.000000195. The van der Waals surface area contributed by atoms with Crippen molar-refractivity contribution in [1.29, 1.82) is 0 Å². The summed E-state index contributed by atoms with van der Waals surface area (Å²) in [6.07, 6.45) is 4.45. The zero-order valence-corrected chi connectivity index (χ0v) is 8.86. The molecule has 0 bridgehead atoms. The number of para-hydroxylation sites is 1. The molecule has 0 spiro atoms. The minimum atomic E-state index is -3.67. The SMILES string of the molecule is C1=Cc2ccccc2ON1.CS(=O)(=O)O. The van der Waals surface area contributed by atoms with Crippen LogP contribution >= 0.6 is 0 Å². The molecular formula is C9H11NO4S. The Bertz CT molecular complexity index is 445. The molecule has 0 amide bonds. The van der Waals surface area contributed by atoms with Crippen LogP contribution in [0.4, 0.5) is 0 Å². The number of hydroxylamine groups is 1. The average Bonchev–Trinajstić information content (AvgIpc) is 2.16. The fraction of sp³-hybridized carbons (Fsp3) is 0.111. The minimum absolute atomic E-state index is 0.715. The summed E-state index contributed by atoms with van der Waals surface area (Å²) >= 11 is 0. The molecule has 1 aliphatic heterocycles. The predicted octanol–water partition coefficient (Wildman–Crippen LogP) is 1.06. The van der Waals surface area contributed by atoms with Crippen LogP contribution in [0.25, 0.3) is 6.08 Å². The minimum Gasteiger partial charge on any atom is -0.382 e. The van der Waals surface area contributed by atoms with E-state index in [4.69, 9.17) is 9.39 Å². The summed E-state index contributed by atoms with van der Waals surface area (Å²) in [5, 5.41) is 0. The lowest BCUT2D eigenvalue weighted by atomic mass is 10.2. The highest BCUT2D eigenvalue weighted by atomic mass is 32.2. The third-order valence-electron chi connectivity index (χ3n) is 1.42. The third kappa shape index (κ3) is 5.04. The smallest absolute Gasteiger partial charge is 0.261 e. The van der Waals surface area contributed by atoms with Crippen molar-refractivity contribution in [2.75, 3.05) is 6.26 Å². The fourth-order valence-corrected chi connectivity index (χ4v) is 0.932. The Hall–Kier alpha value is -1.53. The lowest BCUT2D eigenvalue weighted by molar-refractivity contribution is 0.239. The first-order chi connectivity index (χ1) is 6.97. The van der Waals surface area contributed by atoms with Gasteiger partial charge in [-0.05, 0) is 12.1 Å². The van der Waals surface area contributed by atoms with E-state index in [1.54, 1.807) is 6.20 Å². The van der Waals surface area contributed by atoms with Gasteiger partial charge in [-0.2, -0.15) is 8.42 Å². The maximum Gasteiger partial charge on any atom is 0.261 e. The highest BCUT2D eigenvalue weighted by Gasteiger charge is 2.01. The van der Waals surface area contributed by atoms with Crippen molar-refractivity contribution in [2.45, 2.75) is 0 Å². The summed E-state index contributed by atoms with van der Waals surface area (Å²) in [7, 11) is -3.67. The summed E-state index contributed by atoms with van der Waals surface area (Å²) in [6.45, 7) is 0. The van der Waals surface area contributed by atoms with E-state index in [0.717, 1.165) is 11.3 Å². The van der Waals surface area contributed by atoms with Gasteiger partial charge in [0.2, 0.25) is 0 Å². The van der Waals surface area contributed by atoms with Gasteiger partial charge in [-0.1, -0.05) is 18.2 Å². The summed E-state index contributed by atoms with van der Waals surface area (Å²) in [4.78, 5) is 5.09. The fourth-order valence-electron chi connectivity index (χ4n) is 0.932. The van der Waals surface area contributed by atoms with Crippen LogP contribution < -0.4 is 10.3 Å². The van der Waals surface area contributed by atoms with Crippen molar-refractivity contribution in [1.82, 2.24) is 5.48 Å². The van der Waals surface area contributed by atoms with E-state index in [1.807, 2.05) is 30.3 Å². The molecule has 1 aromatic carbocycles. The molecule has 1 aromatic rings. The third-order valence-corrected chi connectivity index (χ3v) is 1.42. The van der Waals surface area contributed by atoms with Gasteiger partial charge in [0.05, 0.1) is 6.26 Å². The summed E-state index contributed by atoms with van der Waals surface area (Å²) < 4.78 is 25.9. The first-order valence-corrected chi connectivity index (χ1v) is 5.92. The first kappa shape index (κ1) is 11.5. The second-order valence-electron chi connectivity index (χ2n) is 2.82. The average molecular weight is 229 g/mol. The molecule has 0 saturated carbocycles. The maximum atomic E-state index is 9.19. The number of benzene rings is 1. The Morgan fingerprint density at radius 3 is 2.53 bits per heavy atom. The second kappa shape index (κ2) is 4.81. The predicted molar refractivity (Wildman–Crippen MR) is 56.7 cm³/mol. The molecule has 5 nitrogen and oxygen atoms in total. The molecule has 0 radical (unpaired) electrons. The van der Waals surface area contributed by atoms with Crippen molar-refractivity contribution < 1.29 is 17.8 Å². The van der Waals surface area contributed by atoms with Crippen LogP contribution in [0.5, 0.6) is 5.75 Å². The van der Waals surface area contributed by atoms with E-state index in [1.165, 1.54) is 0 Å². The van der Waals surface area contributed by atoms with Crippen LogP contribution in [0.15, 0.2) is 30.5 Å². The van der Waals surface area contributed by atoms with E-state index in [0.29, 0.717) is 6.26 Å². The molecule has 0 atom stereocenters. The van der Waals surface area contributed by atoms with E-state index >= 15 is 0 Å². The number of rotatable bonds is 0. The quantitative estimate of drug-likeness (QED) is 0.650. The molecule has 1 heterocycles. The van der Waals surface area contributed by atoms with Gasteiger partial charge in [0.15, 0.2) is 5.75 Å². The van der Waals surface area contributed by atoms with Gasteiger partial charge in [-0.3, -0.25) is 4.55 Å². The highest BCUT2D eigenvalue weighted by molar-refractivity contribution is 7.85. The Labute approximate surface area is 88.1 Å². The summed E-state index contributed by atoms with van der Waals surface area (Å²) in [5.74, 6) is 0.880. The van der Waals surface area contributed by atoms with Gasteiger partial charge in [0, 0.05) is 11.8 Å². The van der Waals surface area contributed by atoms with Crippen molar-refractivity contribution >= 4 is 16.2 Å². The molecule has 82 valence electrons. The molecule has 0 aliphatic carbocycles. The van der Waals surface area contributed by atoms with E-state index in [2.05, 4.69) is 5.48 Å². The molecule has 15 heavy (non-hydrogen) atoms. The molecule has 1 aliphatic rings. The Morgan fingerprint density at radius 2 is 1.93 bits per heavy atom. The maximum absolute atomic E-state index is 9.19. The molecule has 6 heteroatoms. The largest absolute Gasteiger partial charge is 0.382 e. The molecule has 0 saturated heterocycles. The first-order valence-electron chi connectivity index (χ1n) is 4.07. The molecular weight excluding hydrogens is 218 g/mol. The zero-order valence-electron chi connectivity index (χ0n) is 8.04. The van der Waals surface area contributed by atoms with Gasteiger partial charge in [0.1, 0.15) is 0 Å². The Kier molecular flexibility index (Phi) is 3.70. The van der Waals surface area contributed by atoms with E-state index in [9.17, 15) is 8.42 Å². The normalized spacial score (nSPS) is 12.7. The second-order valence-corrected chi connectivity index (χ2v) is 4.29. The van der Waals surface area contributed by atoms with Crippen LogP contribution in [0.1, 0.15) is 5.56 Å². The topological polar surface area (TPSA) is 75.6 Å². The van der Waals surface area contributed by atoms with Crippen LogP contribution in [-0.2, 0) is 10.1 Å². The number of fused-ring (bicyclic) bond motifs is 1. The van der Waals surface area contributed by atoms with Crippen molar-refractivity contribution in [3.8, 4) is 5.75 Å². The molecule has 0 fully saturated rings. The van der Waals surface area contributed by atoms with Crippen LogP contribution in [0, 0.1) is 0 Å². The van der Waals surface area contributed by atoms with E-state index in [-0.39, 0.29) is 0 Å². The van der Waals surface area contributed by atoms with Gasteiger partial charge in [0.25, 0.3) is 10.1 Å². The van der Waals surface area contributed by atoms with Gasteiger partial charge < -0.3 is 4.84 Å². The number of nitrogens with one attached hydrogen (secondary N) is 1. The van der Waals surface area contributed by atoms with Crippen LogP contribution in [0.2, 0.25) is 0 Å². The zero-order chi connectivity index (χ0) is 11.3. The number of hydrogen-bond acceptors (Lipinski definition) is 4. The lowest BCUT2D eigenvalue weighted by Gasteiger charge is -2.11. The van der Waals surface area contributed by atoms with Crippen molar-refractivity contribution in [2.24, 2.45) is 0 Å². The highest BCUT2D eigenvalue weighted by Crippen LogP contribution is 2.20. The molecule has 0 aromatic heterocycles. The molecule has 2 rings (SSSR count). The van der Waals surface area contributed by atoms with E-state index < -0.39 is 10.1 Å². The Morgan fingerprint density at radius 1 is 1.33 bits per heavy atom. The van der Waals surface area contributed by atoms with Crippen LogP contribution in [0.3, 0.4) is 0 Å². The van der Waals surface area contributed by atoms with Crippen molar-refractivity contribution in [3.63, 3.8) is 0 Å². The van der Waals surface area contributed by atoms with Crippen molar-refractivity contribution in [3.05, 3.63) is 36.0 Å². The molecule has 2 N–H and O–H groups in total. The molecule has 0 unspecified atom stereocenters. The standard InChI is InChI=1S/C8H7NO.CH4O3S/c1-2-4-8-7(3-1)5-6-9-10-8;1-5(2,3)4/h1-6,9H;1H3,(H,2,3,4). The van der Waals surface area contributed by atoms with Crippen LogP contribution in [-0.4, -0.2) is 19.2 Å². The number of hydrogen-bond donors (Lipinski definition) is 2. The monoisotopic (exact) mass is 229 g/mol. The summed E-state index contributed by atoms with van der Waals surface area (Å²) in [5.41, 5.74) is 3.77. The lowest BCUT2D eigenvalue weighted by Crippen LogP contribution is -2.13. The summed E-state index contributed by atoms with van der Waals surface area (Å²) in [6, 6.07) is 7.86. The van der Waals surface area contributed by atoms with Gasteiger partial charge in [-0.15, -0.1) is 0 Å².